The first-order valence-corrected chi connectivity index (χ1v) is 8.81. The Morgan fingerprint density at radius 3 is 2.75 bits per heavy atom. The van der Waals surface area contributed by atoms with E-state index in [1.54, 1.807) is 36.2 Å². The number of nitrogens with zero attached hydrogens (tertiary/aromatic N) is 4. The summed E-state index contributed by atoms with van der Waals surface area (Å²) in [5.74, 6) is 1.74. The summed E-state index contributed by atoms with van der Waals surface area (Å²) in [7, 11) is 1.67. The van der Waals surface area contributed by atoms with Crippen molar-refractivity contribution < 1.29 is 9.21 Å². The van der Waals surface area contributed by atoms with E-state index in [0.29, 0.717) is 11.5 Å². The van der Waals surface area contributed by atoms with Crippen LogP contribution in [0.4, 0.5) is 0 Å². The number of hydrogen-bond acceptors (Lipinski definition) is 5. The van der Waals surface area contributed by atoms with Gasteiger partial charge in [0.05, 0.1) is 11.7 Å². The molecule has 0 radical (unpaired) electrons. The van der Waals surface area contributed by atoms with Crippen molar-refractivity contribution in [2.45, 2.75) is 26.8 Å². The third kappa shape index (κ3) is 2.90. The molecule has 0 aliphatic carbocycles. The van der Waals surface area contributed by atoms with E-state index in [-0.39, 0.29) is 28.8 Å². The number of aromatic nitrogens is 5. The van der Waals surface area contributed by atoms with Crippen LogP contribution in [0.5, 0.6) is 0 Å². The van der Waals surface area contributed by atoms with Gasteiger partial charge in [-0.2, -0.15) is 0 Å². The van der Waals surface area contributed by atoms with Crippen molar-refractivity contribution in [2.24, 2.45) is 7.05 Å². The van der Waals surface area contributed by atoms with Gasteiger partial charge in [-0.15, -0.1) is 0 Å². The molecule has 0 aliphatic rings. The Bertz CT molecular complexity index is 1230. The second-order valence-corrected chi connectivity index (χ2v) is 6.73. The van der Waals surface area contributed by atoms with E-state index in [0.717, 1.165) is 17.1 Å². The Hall–Kier alpha value is -3.62. The van der Waals surface area contributed by atoms with Crippen molar-refractivity contribution in [3.8, 4) is 11.3 Å². The molecule has 1 atom stereocenters. The first kappa shape index (κ1) is 17.8. The highest BCUT2D eigenvalue weighted by molar-refractivity contribution is 5.93. The second-order valence-electron chi connectivity index (χ2n) is 6.73. The molecule has 0 unspecified atom stereocenters. The zero-order chi connectivity index (χ0) is 20.0. The van der Waals surface area contributed by atoms with E-state index in [9.17, 15) is 9.59 Å². The number of carbonyl (C=O) groups excluding carboxylic acids is 1. The van der Waals surface area contributed by atoms with E-state index >= 15 is 0 Å². The van der Waals surface area contributed by atoms with E-state index < -0.39 is 0 Å². The average Bonchev–Trinajstić information content (AvgIpc) is 3.37. The highest BCUT2D eigenvalue weighted by Gasteiger charge is 2.19. The van der Waals surface area contributed by atoms with Crippen molar-refractivity contribution in [3.63, 3.8) is 0 Å². The van der Waals surface area contributed by atoms with Crippen LogP contribution >= 0.6 is 0 Å². The van der Waals surface area contributed by atoms with Gasteiger partial charge in [0.15, 0.2) is 0 Å². The third-order valence-electron chi connectivity index (χ3n) is 4.68. The van der Waals surface area contributed by atoms with Crippen LogP contribution in [0.1, 0.15) is 40.8 Å². The lowest BCUT2D eigenvalue weighted by molar-refractivity contribution is 0.0934. The molecule has 9 nitrogen and oxygen atoms in total. The van der Waals surface area contributed by atoms with Gasteiger partial charge in [0.25, 0.3) is 11.5 Å². The summed E-state index contributed by atoms with van der Waals surface area (Å²) < 4.78 is 8.67. The average molecular weight is 380 g/mol. The van der Waals surface area contributed by atoms with Gasteiger partial charge >= 0.3 is 0 Å². The minimum Gasteiger partial charge on any atom is -0.466 e. The molecule has 28 heavy (non-hydrogen) atoms. The number of hydrogen-bond donors (Lipinski definition) is 2. The van der Waals surface area contributed by atoms with E-state index in [4.69, 9.17) is 4.42 Å². The van der Waals surface area contributed by atoms with Crippen LogP contribution in [0, 0.1) is 13.8 Å². The summed E-state index contributed by atoms with van der Waals surface area (Å²) in [5, 5.41) is 2.82. The molecule has 0 bridgehead atoms. The van der Waals surface area contributed by atoms with Crippen molar-refractivity contribution in [3.05, 3.63) is 64.2 Å². The van der Waals surface area contributed by atoms with Gasteiger partial charge in [-0.05, 0) is 26.8 Å². The molecule has 0 aromatic carbocycles. The van der Waals surface area contributed by atoms with Crippen molar-refractivity contribution in [1.82, 2.24) is 29.2 Å². The topological polar surface area (TPSA) is 110 Å². The van der Waals surface area contributed by atoms with Gasteiger partial charge in [0, 0.05) is 37.4 Å². The van der Waals surface area contributed by atoms with Crippen LogP contribution < -0.4 is 10.9 Å². The Morgan fingerprint density at radius 2 is 2.11 bits per heavy atom. The summed E-state index contributed by atoms with van der Waals surface area (Å²) in [4.78, 5) is 36.7. The fraction of sp³-hybridized carbons (Fsp3) is 0.263. The largest absolute Gasteiger partial charge is 0.466 e. The van der Waals surface area contributed by atoms with Crippen LogP contribution in [0.25, 0.3) is 16.9 Å². The Balaban J connectivity index is 1.73. The monoisotopic (exact) mass is 380 g/mol. The number of carbonyl (C=O) groups is 1. The van der Waals surface area contributed by atoms with E-state index in [1.165, 1.54) is 4.57 Å². The zero-order valence-corrected chi connectivity index (χ0v) is 16.0. The van der Waals surface area contributed by atoms with Gasteiger partial charge in [-0.1, -0.05) is 0 Å². The fourth-order valence-electron chi connectivity index (χ4n) is 3.23. The van der Waals surface area contributed by atoms with E-state index in [1.807, 2.05) is 26.8 Å². The smallest absolute Gasteiger partial charge is 0.294 e. The number of H-pyrrole nitrogens is 1. The predicted molar refractivity (Wildman–Crippen MR) is 102 cm³/mol. The maximum Gasteiger partial charge on any atom is 0.294 e. The highest BCUT2D eigenvalue weighted by atomic mass is 16.3. The number of fused-ring (bicyclic) bond motifs is 1. The molecule has 4 heterocycles. The van der Waals surface area contributed by atoms with Crippen LogP contribution in [-0.4, -0.2) is 29.8 Å². The molecular formula is C19H20N6O3. The number of nitrogens with one attached hydrogen (secondary N) is 2. The lowest BCUT2D eigenvalue weighted by Gasteiger charge is -2.09. The molecule has 144 valence electrons. The van der Waals surface area contributed by atoms with Crippen molar-refractivity contribution >= 4 is 11.6 Å². The van der Waals surface area contributed by atoms with Crippen molar-refractivity contribution in [1.29, 1.82) is 0 Å². The lowest BCUT2D eigenvalue weighted by Crippen LogP contribution is -2.27. The molecular weight excluding hydrogens is 360 g/mol. The van der Waals surface area contributed by atoms with Gasteiger partial charge in [0.2, 0.25) is 5.65 Å². The predicted octanol–water partition coefficient (Wildman–Crippen LogP) is 2.12. The Labute approximate surface area is 160 Å². The summed E-state index contributed by atoms with van der Waals surface area (Å²) >= 11 is 0. The minimum atomic E-state index is -0.383. The summed E-state index contributed by atoms with van der Waals surface area (Å²) in [6.07, 6.45) is 6.63. The third-order valence-corrected chi connectivity index (χ3v) is 4.68. The normalized spacial score (nSPS) is 12.4. The maximum atomic E-state index is 12.8. The van der Waals surface area contributed by atoms with Gasteiger partial charge < -0.3 is 19.3 Å². The molecule has 0 saturated heterocycles. The quantitative estimate of drug-likeness (QED) is 0.563. The number of furan rings is 1. The van der Waals surface area contributed by atoms with Crippen molar-refractivity contribution in [2.75, 3.05) is 0 Å². The molecule has 0 saturated carbocycles. The van der Waals surface area contributed by atoms with Gasteiger partial charge in [-0.3, -0.25) is 14.0 Å². The standard InChI is InChI=1S/C19H20N6O3/c1-10-7-13(12(3)28-10)15-9-25-8-14(23-17(25)19(27)24(15)4)18(26)22-11(2)16-20-5-6-21-16/h5-9,11H,1-4H3,(H,20,21)(H,22,26)/t11-/m1/s1. The highest BCUT2D eigenvalue weighted by Crippen LogP contribution is 2.25. The number of imidazole rings is 2. The summed E-state index contributed by atoms with van der Waals surface area (Å²) in [5.41, 5.74) is 1.55. The molecule has 0 spiro atoms. The van der Waals surface area contributed by atoms with Gasteiger partial charge in [0.1, 0.15) is 23.0 Å². The van der Waals surface area contributed by atoms with E-state index in [2.05, 4.69) is 20.3 Å². The van der Waals surface area contributed by atoms with Crippen LogP contribution in [0.3, 0.4) is 0 Å². The maximum absolute atomic E-state index is 12.8. The van der Waals surface area contributed by atoms with Crippen LogP contribution in [-0.2, 0) is 7.05 Å². The number of rotatable bonds is 4. The molecule has 0 fully saturated rings. The summed E-state index contributed by atoms with van der Waals surface area (Å²) in [6, 6.07) is 1.56. The lowest BCUT2D eigenvalue weighted by atomic mass is 10.2. The Morgan fingerprint density at radius 1 is 1.32 bits per heavy atom. The molecule has 4 rings (SSSR count). The molecule has 4 aromatic rings. The molecule has 9 heteroatoms. The first-order valence-electron chi connectivity index (χ1n) is 8.81. The van der Waals surface area contributed by atoms with Crippen LogP contribution in [0.2, 0.25) is 0 Å². The molecule has 2 N–H and O–H groups in total. The number of amides is 1. The number of aromatic amines is 1. The number of aryl methyl sites for hydroxylation is 2. The second kappa shape index (κ2) is 6.52. The summed E-state index contributed by atoms with van der Waals surface area (Å²) in [6.45, 7) is 5.51. The zero-order valence-electron chi connectivity index (χ0n) is 16.0. The minimum absolute atomic E-state index is 0.160. The van der Waals surface area contributed by atoms with Gasteiger partial charge in [-0.25, -0.2) is 9.97 Å². The Kier molecular flexibility index (Phi) is 4.14. The molecule has 4 aromatic heterocycles. The molecule has 0 aliphatic heterocycles. The molecule has 1 amide bonds. The fourth-order valence-corrected chi connectivity index (χ4v) is 3.23. The van der Waals surface area contributed by atoms with Crippen LogP contribution in [0.15, 0.2) is 40.1 Å². The SMILES string of the molecule is Cc1cc(-c2cn3cc(C(=O)N[C@H](C)c4ncc[nH]4)nc3c(=O)n2C)c(C)o1. The first-order chi connectivity index (χ1) is 13.3.